The summed E-state index contributed by atoms with van der Waals surface area (Å²) in [7, 11) is 0. The van der Waals surface area contributed by atoms with Gasteiger partial charge in [0, 0.05) is 46.3 Å². The van der Waals surface area contributed by atoms with Crippen molar-refractivity contribution in [2.24, 2.45) is 0 Å². The zero-order valence-corrected chi connectivity index (χ0v) is 21.5. The van der Waals surface area contributed by atoms with Crippen LogP contribution < -0.4 is 4.74 Å². The van der Waals surface area contributed by atoms with Crippen LogP contribution in [0.25, 0.3) is 22.3 Å². The number of rotatable bonds is 7. The summed E-state index contributed by atoms with van der Waals surface area (Å²) in [4.78, 5) is 20.9. The molecule has 1 atom stereocenters. The highest BCUT2D eigenvalue weighted by Gasteiger charge is 2.27. The molecule has 1 aliphatic heterocycles. The molecule has 0 radical (unpaired) electrons. The third kappa shape index (κ3) is 4.60. The molecule has 2 aromatic heterocycles. The van der Waals surface area contributed by atoms with Gasteiger partial charge >= 0.3 is 5.97 Å². The lowest BCUT2D eigenvalue weighted by molar-refractivity contribution is -0.136. The molecule has 0 bridgehead atoms. The first-order valence-corrected chi connectivity index (χ1v) is 13.3. The van der Waals surface area contributed by atoms with E-state index in [0.29, 0.717) is 47.5 Å². The number of para-hydroxylation sites is 1. The van der Waals surface area contributed by atoms with E-state index in [-0.39, 0.29) is 34.6 Å². The van der Waals surface area contributed by atoms with E-state index in [4.69, 9.17) is 9.84 Å². The van der Waals surface area contributed by atoms with Crippen LogP contribution in [0, 0.1) is 23.3 Å². The number of fused-ring (bicyclic) bond motifs is 2. The summed E-state index contributed by atoms with van der Waals surface area (Å²) in [6, 6.07) is 10.8. The van der Waals surface area contributed by atoms with Crippen molar-refractivity contribution in [3.05, 3.63) is 94.9 Å². The Hall–Kier alpha value is -4.25. The predicted octanol–water partition coefficient (Wildman–Crippen LogP) is 7.20. The van der Waals surface area contributed by atoms with Crippen molar-refractivity contribution < 1.29 is 32.2 Å². The Morgan fingerprint density at radius 2 is 1.95 bits per heavy atom. The molecule has 0 saturated carbocycles. The standard InChI is InChI=1S/C29H21F4N3O3S/c30-20-6-5-15(40-28-23(31)18-8-10-34-26(18)24(32)25(28)33)12-19(20)29-35-13-21(36-29)16-9-11-39-27-14(4-7-22(37)38)2-1-3-17(16)27/h1-3,5-6,8,10,12-13,16,34H,4,7,9,11H2,(H,35,36)(H,37,38). The van der Waals surface area contributed by atoms with E-state index in [0.717, 1.165) is 11.1 Å². The van der Waals surface area contributed by atoms with E-state index in [1.165, 1.54) is 30.5 Å². The maximum atomic E-state index is 15.0. The quantitative estimate of drug-likeness (QED) is 0.143. The van der Waals surface area contributed by atoms with Crippen molar-refractivity contribution in [3.8, 4) is 17.1 Å². The Bertz CT molecular complexity index is 1770. The Kier molecular flexibility index (Phi) is 6.75. The highest BCUT2D eigenvalue weighted by molar-refractivity contribution is 7.99. The number of nitrogens with one attached hydrogen (secondary N) is 2. The van der Waals surface area contributed by atoms with Crippen LogP contribution in [0.3, 0.4) is 0 Å². The fourth-order valence-electron chi connectivity index (χ4n) is 5.02. The second-order valence-electron chi connectivity index (χ2n) is 9.39. The van der Waals surface area contributed by atoms with Crippen LogP contribution in [0.1, 0.15) is 35.6 Å². The van der Waals surface area contributed by atoms with Gasteiger partial charge in [0.1, 0.15) is 23.2 Å². The molecule has 6 nitrogen and oxygen atoms in total. The number of ether oxygens (including phenoxy) is 1. The molecule has 1 aliphatic rings. The SMILES string of the molecule is O=C(O)CCc1cccc2c1OCCC2c1cnc(-c2cc(Sc3c(F)c(F)c4[nH]ccc4c3F)ccc2F)[nH]1. The van der Waals surface area contributed by atoms with Crippen LogP contribution in [-0.4, -0.2) is 32.6 Å². The number of aryl methyl sites for hydroxylation is 1. The van der Waals surface area contributed by atoms with Gasteiger partial charge in [-0.1, -0.05) is 30.0 Å². The number of carboxylic acid groups (broad SMARTS) is 1. The number of carboxylic acids is 1. The number of nitrogens with zero attached hydrogens (tertiary/aromatic N) is 1. The average molecular weight is 568 g/mol. The average Bonchev–Trinajstić information content (AvgIpc) is 3.64. The summed E-state index contributed by atoms with van der Waals surface area (Å²) in [6.07, 6.45) is 3.86. The van der Waals surface area contributed by atoms with Gasteiger partial charge in [0.2, 0.25) is 0 Å². The number of aromatic amines is 2. The Morgan fingerprint density at radius 3 is 2.77 bits per heavy atom. The molecule has 6 rings (SSSR count). The zero-order chi connectivity index (χ0) is 28.0. The summed E-state index contributed by atoms with van der Waals surface area (Å²) in [6.45, 7) is 0.412. The van der Waals surface area contributed by atoms with E-state index < -0.39 is 34.1 Å². The van der Waals surface area contributed by atoms with Gasteiger partial charge in [-0.05, 0) is 42.7 Å². The molecular weight excluding hydrogens is 546 g/mol. The molecule has 3 aromatic carbocycles. The van der Waals surface area contributed by atoms with Crippen molar-refractivity contribution in [1.29, 1.82) is 0 Å². The largest absolute Gasteiger partial charge is 0.493 e. The van der Waals surface area contributed by atoms with Crippen LogP contribution in [0.15, 0.2) is 64.6 Å². The lowest BCUT2D eigenvalue weighted by Gasteiger charge is -2.27. The highest BCUT2D eigenvalue weighted by Crippen LogP contribution is 2.42. The molecule has 0 spiro atoms. The molecule has 40 heavy (non-hydrogen) atoms. The zero-order valence-electron chi connectivity index (χ0n) is 20.7. The Morgan fingerprint density at radius 1 is 1.10 bits per heavy atom. The molecule has 204 valence electrons. The van der Waals surface area contributed by atoms with Crippen molar-refractivity contribution >= 4 is 28.6 Å². The van der Waals surface area contributed by atoms with Crippen LogP contribution in [0.4, 0.5) is 17.6 Å². The lowest BCUT2D eigenvalue weighted by Crippen LogP contribution is -2.17. The molecule has 0 aliphatic carbocycles. The number of hydrogen-bond acceptors (Lipinski definition) is 4. The van der Waals surface area contributed by atoms with Crippen molar-refractivity contribution in [2.45, 2.75) is 35.0 Å². The van der Waals surface area contributed by atoms with Crippen LogP contribution in [-0.2, 0) is 11.2 Å². The lowest BCUT2D eigenvalue weighted by atomic mass is 9.88. The number of halogens is 4. The van der Waals surface area contributed by atoms with Gasteiger partial charge in [-0.15, -0.1) is 0 Å². The fourth-order valence-corrected chi connectivity index (χ4v) is 5.95. The van der Waals surface area contributed by atoms with E-state index in [2.05, 4.69) is 15.0 Å². The number of imidazole rings is 1. The molecule has 11 heteroatoms. The smallest absolute Gasteiger partial charge is 0.303 e. The van der Waals surface area contributed by atoms with Gasteiger partial charge in [0.05, 0.1) is 22.6 Å². The van der Waals surface area contributed by atoms with Gasteiger partial charge in [-0.25, -0.2) is 22.5 Å². The second kappa shape index (κ2) is 10.4. The number of H-pyrrole nitrogens is 2. The molecule has 5 aromatic rings. The first-order valence-electron chi connectivity index (χ1n) is 12.4. The minimum absolute atomic E-state index is 0.0220. The number of aromatic nitrogens is 3. The summed E-state index contributed by atoms with van der Waals surface area (Å²) < 4.78 is 65.0. The van der Waals surface area contributed by atoms with Crippen molar-refractivity contribution in [3.63, 3.8) is 0 Å². The minimum atomic E-state index is -1.33. The van der Waals surface area contributed by atoms with Crippen LogP contribution >= 0.6 is 11.8 Å². The number of hydrogen-bond donors (Lipinski definition) is 3. The Labute approximate surface area is 229 Å². The molecule has 3 heterocycles. The normalized spacial score (nSPS) is 14.8. The van der Waals surface area contributed by atoms with Crippen molar-refractivity contribution in [2.75, 3.05) is 6.61 Å². The summed E-state index contributed by atoms with van der Waals surface area (Å²) in [5.74, 6) is -4.20. The summed E-state index contributed by atoms with van der Waals surface area (Å²) in [5.41, 5.74) is 2.22. The summed E-state index contributed by atoms with van der Waals surface area (Å²) in [5, 5.41) is 8.99. The van der Waals surface area contributed by atoms with Gasteiger partial charge in [-0.2, -0.15) is 0 Å². The van der Waals surface area contributed by atoms with E-state index in [9.17, 15) is 22.4 Å². The predicted molar refractivity (Wildman–Crippen MR) is 141 cm³/mol. The molecule has 3 N–H and O–H groups in total. The maximum Gasteiger partial charge on any atom is 0.303 e. The number of carbonyl (C=O) groups is 1. The molecule has 1 unspecified atom stereocenters. The Balaban J connectivity index is 1.31. The maximum absolute atomic E-state index is 15.0. The van der Waals surface area contributed by atoms with Crippen LogP contribution in [0.2, 0.25) is 0 Å². The molecule has 0 amide bonds. The third-order valence-electron chi connectivity index (χ3n) is 6.94. The molecule has 0 fully saturated rings. The third-order valence-corrected chi connectivity index (χ3v) is 7.99. The topological polar surface area (TPSA) is 91.0 Å². The van der Waals surface area contributed by atoms with E-state index >= 15 is 0 Å². The first-order chi connectivity index (χ1) is 19.3. The molecule has 0 saturated heterocycles. The number of aliphatic carboxylic acids is 1. The van der Waals surface area contributed by atoms with Crippen molar-refractivity contribution in [1.82, 2.24) is 15.0 Å². The van der Waals surface area contributed by atoms with Gasteiger partial charge in [0.15, 0.2) is 11.6 Å². The highest BCUT2D eigenvalue weighted by atomic mass is 32.2. The second-order valence-corrected chi connectivity index (χ2v) is 10.5. The monoisotopic (exact) mass is 567 g/mol. The van der Waals surface area contributed by atoms with E-state index in [1.54, 1.807) is 6.20 Å². The minimum Gasteiger partial charge on any atom is -0.493 e. The fraction of sp³-hybridized carbons (Fsp3) is 0.172. The van der Waals surface area contributed by atoms with Gasteiger partial charge < -0.3 is 19.8 Å². The number of benzene rings is 3. The first kappa shape index (κ1) is 26.0. The van der Waals surface area contributed by atoms with Crippen LogP contribution in [0.5, 0.6) is 5.75 Å². The summed E-state index contributed by atoms with van der Waals surface area (Å²) >= 11 is 0.654. The van der Waals surface area contributed by atoms with Gasteiger partial charge in [0.25, 0.3) is 0 Å². The van der Waals surface area contributed by atoms with E-state index in [1.807, 2.05) is 18.2 Å². The molecular formula is C29H21F4N3O3S. The van der Waals surface area contributed by atoms with Gasteiger partial charge in [-0.3, -0.25) is 4.79 Å².